The predicted octanol–water partition coefficient (Wildman–Crippen LogP) is 2.95. The molecule has 0 radical (unpaired) electrons. The van der Waals surface area contributed by atoms with Crippen LogP contribution in [0.1, 0.15) is 26.7 Å². The molecular formula is C15H20N2O. The molecular weight excluding hydrogens is 224 g/mol. The minimum absolute atomic E-state index is 0.0880. The van der Waals surface area contributed by atoms with Gasteiger partial charge in [0, 0.05) is 17.8 Å². The number of hydrogen-bond acceptors (Lipinski definition) is 1. The van der Waals surface area contributed by atoms with Crippen molar-refractivity contribution < 1.29 is 4.79 Å². The third kappa shape index (κ3) is 2.73. The molecule has 1 heterocycles. The Kier molecular flexibility index (Phi) is 4.03. The molecule has 0 fully saturated rings. The topological polar surface area (TPSA) is 34.0 Å². The highest BCUT2D eigenvalue weighted by Gasteiger charge is 2.09. The third-order valence-electron chi connectivity index (χ3n) is 3.34. The third-order valence-corrected chi connectivity index (χ3v) is 3.34. The lowest BCUT2D eigenvalue weighted by Crippen LogP contribution is -2.36. The van der Waals surface area contributed by atoms with Gasteiger partial charge in [-0.1, -0.05) is 32.0 Å². The van der Waals surface area contributed by atoms with Crippen LogP contribution in [0.4, 0.5) is 0 Å². The quantitative estimate of drug-likeness (QED) is 0.862. The SMILES string of the molecule is CCC(CC)NC(=O)Cn1ccc2ccccc21. The van der Waals surface area contributed by atoms with Crippen LogP contribution in [0.25, 0.3) is 10.9 Å². The van der Waals surface area contributed by atoms with Crippen LogP contribution in [0.5, 0.6) is 0 Å². The molecule has 0 unspecified atom stereocenters. The van der Waals surface area contributed by atoms with E-state index in [1.165, 1.54) is 5.39 Å². The Balaban J connectivity index is 2.07. The van der Waals surface area contributed by atoms with E-state index in [1.54, 1.807) is 0 Å². The van der Waals surface area contributed by atoms with Gasteiger partial charge in [0.1, 0.15) is 6.54 Å². The Morgan fingerprint density at radius 2 is 1.94 bits per heavy atom. The zero-order valence-electron chi connectivity index (χ0n) is 11.0. The molecule has 96 valence electrons. The molecule has 0 aliphatic carbocycles. The summed E-state index contributed by atoms with van der Waals surface area (Å²) < 4.78 is 1.99. The highest BCUT2D eigenvalue weighted by Crippen LogP contribution is 2.14. The van der Waals surface area contributed by atoms with Crippen molar-refractivity contribution in [2.24, 2.45) is 0 Å². The summed E-state index contributed by atoms with van der Waals surface area (Å²) in [5, 5.41) is 4.23. The van der Waals surface area contributed by atoms with Crippen molar-refractivity contribution in [2.75, 3.05) is 0 Å². The van der Waals surface area contributed by atoms with Crippen molar-refractivity contribution in [3.63, 3.8) is 0 Å². The lowest BCUT2D eigenvalue weighted by atomic mass is 10.2. The van der Waals surface area contributed by atoms with E-state index < -0.39 is 0 Å². The van der Waals surface area contributed by atoms with Crippen LogP contribution in [0, 0.1) is 0 Å². The van der Waals surface area contributed by atoms with Crippen molar-refractivity contribution in [2.45, 2.75) is 39.3 Å². The molecule has 0 spiro atoms. The number of amides is 1. The second-order valence-electron chi connectivity index (χ2n) is 4.58. The largest absolute Gasteiger partial charge is 0.352 e. The maximum absolute atomic E-state index is 12.0. The Labute approximate surface area is 108 Å². The second kappa shape index (κ2) is 5.71. The average Bonchev–Trinajstić information content (AvgIpc) is 2.79. The number of fused-ring (bicyclic) bond motifs is 1. The molecule has 1 amide bonds. The van der Waals surface area contributed by atoms with Crippen molar-refractivity contribution in [3.8, 4) is 0 Å². The Bertz CT molecular complexity index is 526. The normalized spacial score (nSPS) is 11.1. The van der Waals surface area contributed by atoms with Gasteiger partial charge in [0.2, 0.25) is 5.91 Å². The molecule has 0 saturated carbocycles. The maximum atomic E-state index is 12.0. The standard InChI is InChI=1S/C15H20N2O/c1-3-13(4-2)16-15(18)11-17-10-9-12-7-5-6-8-14(12)17/h5-10,13H,3-4,11H2,1-2H3,(H,16,18). The van der Waals surface area contributed by atoms with Gasteiger partial charge in [-0.15, -0.1) is 0 Å². The van der Waals surface area contributed by atoms with Crippen molar-refractivity contribution in [1.82, 2.24) is 9.88 Å². The highest BCUT2D eigenvalue weighted by atomic mass is 16.2. The van der Waals surface area contributed by atoms with Crippen LogP contribution in [0.15, 0.2) is 36.5 Å². The smallest absolute Gasteiger partial charge is 0.240 e. The number of para-hydroxylation sites is 1. The first kappa shape index (κ1) is 12.7. The van der Waals surface area contributed by atoms with Crippen LogP contribution >= 0.6 is 0 Å². The molecule has 0 aliphatic rings. The molecule has 0 aliphatic heterocycles. The predicted molar refractivity (Wildman–Crippen MR) is 74.5 cm³/mol. The van der Waals surface area contributed by atoms with Gasteiger partial charge in [-0.25, -0.2) is 0 Å². The van der Waals surface area contributed by atoms with Gasteiger partial charge in [-0.3, -0.25) is 4.79 Å². The summed E-state index contributed by atoms with van der Waals surface area (Å²) in [5.41, 5.74) is 1.11. The summed E-state index contributed by atoms with van der Waals surface area (Å²) in [6.07, 6.45) is 3.93. The molecule has 1 N–H and O–H groups in total. The minimum Gasteiger partial charge on any atom is -0.352 e. The first-order valence-electron chi connectivity index (χ1n) is 6.57. The number of carbonyl (C=O) groups is 1. The fourth-order valence-corrected chi connectivity index (χ4v) is 2.20. The summed E-state index contributed by atoms with van der Waals surface area (Å²) in [6.45, 7) is 4.59. The van der Waals surface area contributed by atoms with Crippen molar-refractivity contribution in [3.05, 3.63) is 36.5 Å². The van der Waals surface area contributed by atoms with E-state index in [-0.39, 0.29) is 5.91 Å². The van der Waals surface area contributed by atoms with Gasteiger partial charge in [0.15, 0.2) is 0 Å². The van der Waals surface area contributed by atoms with Crippen LogP contribution in [0.3, 0.4) is 0 Å². The van der Waals surface area contributed by atoms with Crippen molar-refractivity contribution in [1.29, 1.82) is 0 Å². The monoisotopic (exact) mass is 244 g/mol. The van der Waals surface area contributed by atoms with Gasteiger partial charge >= 0.3 is 0 Å². The van der Waals surface area contributed by atoms with Crippen LogP contribution in [0.2, 0.25) is 0 Å². The summed E-state index contributed by atoms with van der Waals surface area (Å²) in [4.78, 5) is 12.0. The van der Waals surface area contributed by atoms with Gasteiger partial charge in [0.05, 0.1) is 0 Å². The lowest BCUT2D eigenvalue weighted by Gasteiger charge is -2.15. The number of carbonyl (C=O) groups excluding carboxylic acids is 1. The Hall–Kier alpha value is -1.77. The zero-order chi connectivity index (χ0) is 13.0. The fourth-order valence-electron chi connectivity index (χ4n) is 2.20. The molecule has 0 bridgehead atoms. The maximum Gasteiger partial charge on any atom is 0.240 e. The van der Waals surface area contributed by atoms with E-state index in [2.05, 4.69) is 25.2 Å². The highest BCUT2D eigenvalue weighted by molar-refractivity contribution is 5.83. The molecule has 2 rings (SSSR count). The van der Waals surface area contributed by atoms with E-state index in [4.69, 9.17) is 0 Å². The molecule has 0 atom stereocenters. The van der Waals surface area contributed by atoms with Crippen LogP contribution < -0.4 is 5.32 Å². The Morgan fingerprint density at radius 1 is 1.22 bits per heavy atom. The van der Waals surface area contributed by atoms with Crippen LogP contribution in [-0.4, -0.2) is 16.5 Å². The molecule has 18 heavy (non-hydrogen) atoms. The van der Waals surface area contributed by atoms with E-state index in [0.717, 1.165) is 18.4 Å². The second-order valence-corrected chi connectivity index (χ2v) is 4.58. The van der Waals surface area contributed by atoms with E-state index >= 15 is 0 Å². The number of aromatic nitrogens is 1. The molecule has 2 aromatic rings. The van der Waals surface area contributed by atoms with Crippen LogP contribution in [-0.2, 0) is 11.3 Å². The first-order chi connectivity index (χ1) is 8.74. The summed E-state index contributed by atoms with van der Waals surface area (Å²) >= 11 is 0. The van der Waals surface area contributed by atoms with E-state index in [9.17, 15) is 4.79 Å². The van der Waals surface area contributed by atoms with Crippen molar-refractivity contribution >= 4 is 16.8 Å². The fraction of sp³-hybridized carbons (Fsp3) is 0.400. The van der Waals surface area contributed by atoms with Gasteiger partial charge in [0.25, 0.3) is 0 Å². The molecule has 3 nitrogen and oxygen atoms in total. The summed E-state index contributed by atoms with van der Waals surface area (Å²) in [5.74, 6) is 0.0880. The number of benzene rings is 1. The number of nitrogens with zero attached hydrogens (tertiary/aromatic N) is 1. The molecule has 1 aromatic heterocycles. The molecule has 3 heteroatoms. The number of rotatable bonds is 5. The summed E-state index contributed by atoms with van der Waals surface area (Å²) in [6, 6.07) is 10.4. The summed E-state index contributed by atoms with van der Waals surface area (Å²) in [7, 11) is 0. The molecule has 1 aromatic carbocycles. The Morgan fingerprint density at radius 3 is 2.67 bits per heavy atom. The minimum atomic E-state index is 0.0880. The first-order valence-corrected chi connectivity index (χ1v) is 6.57. The van der Waals surface area contributed by atoms with Gasteiger partial charge in [-0.2, -0.15) is 0 Å². The van der Waals surface area contributed by atoms with Gasteiger partial charge < -0.3 is 9.88 Å². The zero-order valence-corrected chi connectivity index (χ0v) is 11.0. The van der Waals surface area contributed by atoms with Gasteiger partial charge in [-0.05, 0) is 30.4 Å². The number of hydrogen-bond donors (Lipinski definition) is 1. The van der Waals surface area contributed by atoms with E-state index in [0.29, 0.717) is 12.6 Å². The lowest BCUT2D eigenvalue weighted by molar-refractivity contribution is -0.122. The molecule has 0 saturated heterocycles. The number of nitrogens with one attached hydrogen (secondary N) is 1. The average molecular weight is 244 g/mol. The van der Waals surface area contributed by atoms with E-state index in [1.807, 2.05) is 35.0 Å².